The number of hydrogen-bond acceptors (Lipinski definition) is 6. The number of fused-ring (bicyclic) bond motifs is 1. The normalized spacial score (nSPS) is 13.4. The van der Waals surface area contributed by atoms with Crippen LogP contribution in [-0.4, -0.2) is 21.2 Å². The van der Waals surface area contributed by atoms with Crippen LogP contribution in [0.2, 0.25) is 0 Å². The monoisotopic (exact) mass is 329 g/mol. The maximum absolute atomic E-state index is 11.2. The Morgan fingerprint density at radius 3 is 2.78 bits per heavy atom. The maximum atomic E-state index is 11.2. The van der Waals surface area contributed by atoms with Crippen molar-refractivity contribution in [3.63, 3.8) is 0 Å². The van der Waals surface area contributed by atoms with Crippen molar-refractivity contribution in [1.29, 1.82) is 0 Å². The van der Waals surface area contributed by atoms with Gasteiger partial charge in [-0.3, -0.25) is 14.9 Å². The molecule has 1 heterocycles. The van der Waals surface area contributed by atoms with E-state index in [1.807, 2.05) is 6.92 Å². The Balaban J connectivity index is 1.97. The van der Waals surface area contributed by atoms with Crippen LogP contribution in [0.1, 0.15) is 40.2 Å². The zero-order valence-corrected chi connectivity index (χ0v) is 13.4. The molecule has 0 saturated heterocycles. The van der Waals surface area contributed by atoms with E-state index in [4.69, 9.17) is 0 Å². The number of nitro groups is 1. The van der Waals surface area contributed by atoms with E-state index in [-0.39, 0.29) is 11.3 Å². The lowest BCUT2D eigenvalue weighted by Gasteiger charge is -2.17. The molecular weight excluding hydrogens is 314 g/mol. The van der Waals surface area contributed by atoms with Crippen LogP contribution in [0.25, 0.3) is 0 Å². The third kappa shape index (κ3) is 3.24. The van der Waals surface area contributed by atoms with Crippen molar-refractivity contribution >= 4 is 23.7 Å². The summed E-state index contributed by atoms with van der Waals surface area (Å²) in [7, 11) is 0. The second-order valence-electron chi connectivity index (χ2n) is 5.43. The molecule has 23 heavy (non-hydrogen) atoms. The minimum absolute atomic E-state index is 0.0985. The molecule has 1 aliphatic carbocycles. The van der Waals surface area contributed by atoms with E-state index in [0.29, 0.717) is 16.3 Å². The molecule has 0 spiro atoms. The van der Waals surface area contributed by atoms with Crippen molar-refractivity contribution in [1.82, 2.24) is 9.97 Å². The zero-order chi connectivity index (χ0) is 16.4. The minimum Gasteiger partial charge on any atom is -0.298 e. The molecule has 0 saturated carbocycles. The number of nitro benzene ring substituents is 1. The lowest BCUT2D eigenvalue weighted by molar-refractivity contribution is -0.387. The Kier molecular flexibility index (Phi) is 4.38. The summed E-state index contributed by atoms with van der Waals surface area (Å²) in [6, 6.07) is 4.42. The summed E-state index contributed by atoms with van der Waals surface area (Å²) in [5, 5.41) is 11.7. The lowest BCUT2D eigenvalue weighted by Crippen LogP contribution is -2.10. The minimum atomic E-state index is -0.486. The predicted octanol–water partition coefficient (Wildman–Crippen LogP) is 3.54. The highest BCUT2D eigenvalue weighted by atomic mass is 32.2. The van der Waals surface area contributed by atoms with Crippen LogP contribution in [0.5, 0.6) is 0 Å². The average Bonchev–Trinajstić information content (AvgIpc) is 2.55. The van der Waals surface area contributed by atoms with E-state index in [9.17, 15) is 14.9 Å². The van der Waals surface area contributed by atoms with Crippen molar-refractivity contribution in [2.75, 3.05) is 0 Å². The first-order valence-corrected chi connectivity index (χ1v) is 8.18. The van der Waals surface area contributed by atoms with E-state index in [1.54, 1.807) is 12.1 Å². The highest BCUT2D eigenvalue weighted by Crippen LogP contribution is 2.34. The van der Waals surface area contributed by atoms with Gasteiger partial charge >= 0.3 is 0 Å². The fourth-order valence-electron chi connectivity index (χ4n) is 2.73. The molecule has 0 N–H and O–H groups in total. The number of hydrogen-bond donors (Lipinski definition) is 0. The van der Waals surface area contributed by atoms with E-state index in [2.05, 4.69) is 9.97 Å². The first kappa shape index (κ1) is 15.6. The molecule has 6 nitrogen and oxygen atoms in total. The molecule has 2 aromatic rings. The first-order valence-electron chi connectivity index (χ1n) is 7.36. The summed E-state index contributed by atoms with van der Waals surface area (Å²) in [6.07, 6.45) is 4.80. The summed E-state index contributed by atoms with van der Waals surface area (Å²) in [4.78, 5) is 31.0. The van der Waals surface area contributed by atoms with Crippen LogP contribution in [0, 0.1) is 17.0 Å². The molecule has 3 rings (SSSR count). The fraction of sp³-hybridized carbons (Fsp3) is 0.312. The van der Waals surface area contributed by atoms with Crippen LogP contribution in [0.3, 0.4) is 0 Å². The highest BCUT2D eigenvalue weighted by molar-refractivity contribution is 7.99. The van der Waals surface area contributed by atoms with Gasteiger partial charge in [0.05, 0.1) is 9.82 Å². The Morgan fingerprint density at radius 2 is 2.04 bits per heavy atom. The van der Waals surface area contributed by atoms with Gasteiger partial charge in [0.2, 0.25) is 0 Å². The van der Waals surface area contributed by atoms with Gasteiger partial charge in [-0.25, -0.2) is 9.97 Å². The SMILES string of the molecule is Cc1nc(Sc2ccc(C=O)cc2[N+](=O)[O-])nc2c1CCCC2. The van der Waals surface area contributed by atoms with Gasteiger partial charge < -0.3 is 0 Å². The van der Waals surface area contributed by atoms with Crippen LogP contribution in [-0.2, 0) is 12.8 Å². The largest absolute Gasteiger partial charge is 0.298 e. The molecule has 1 aromatic carbocycles. The Labute approximate surface area is 137 Å². The van der Waals surface area contributed by atoms with E-state index >= 15 is 0 Å². The van der Waals surface area contributed by atoms with Gasteiger partial charge in [0.25, 0.3) is 5.69 Å². The Bertz CT molecular complexity index is 792. The number of rotatable bonds is 4. The molecule has 0 unspecified atom stereocenters. The molecule has 7 heteroatoms. The molecule has 1 aromatic heterocycles. The molecule has 118 valence electrons. The molecule has 1 aliphatic rings. The van der Waals surface area contributed by atoms with Crippen molar-refractivity contribution in [3.8, 4) is 0 Å². The molecular formula is C16H15N3O3S. The van der Waals surface area contributed by atoms with Gasteiger partial charge in [-0.15, -0.1) is 0 Å². The van der Waals surface area contributed by atoms with Crippen LogP contribution in [0.4, 0.5) is 5.69 Å². The summed E-state index contributed by atoms with van der Waals surface area (Å²) in [5.74, 6) is 0. The quantitative estimate of drug-likeness (QED) is 0.369. The van der Waals surface area contributed by atoms with Crippen molar-refractivity contribution < 1.29 is 9.72 Å². The van der Waals surface area contributed by atoms with Crippen LogP contribution in [0.15, 0.2) is 28.3 Å². The van der Waals surface area contributed by atoms with Gasteiger partial charge in [0.15, 0.2) is 5.16 Å². The smallest absolute Gasteiger partial charge is 0.284 e. The zero-order valence-electron chi connectivity index (χ0n) is 12.6. The third-order valence-electron chi connectivity index (χ3n) is 3.89. The molecule has 0 aliphatic heterocycles. The number of aldehydes is 1. The van der Waals surface area contributed by atoms with Crippen molar-refractivity contribution in [2.45, 2.75) is 42.7 Å². The van der Waals surface area contributed by atoms with E-state index in [0.717, 1.165) is 37.1 Å². The lowest BCUT2D eigenvalue weighted by atomic mass is 9.95. The molecule has 0 radical (unpaired) electrons. The van der Waals surface area contributed by atoms with Gasteiger partial charge in [-0.1, -0.05) is 6.07 Å². The number of carbonyl (C=O) groups is 1. The number of benzene rings is 1. The van der Waals surface area contributed by atoms with Crippen LogP contribution < -0.4 is 0 Å². The highest BCUT2D eigenvalue weighted by Gasteiger charge is 2.20. The predicted molar refractivity (Wildman–Crippen MR) is 86.0 cm³/mol. The van der Waals surface area contributed by atoms with Gasteiger partial charge in [-0.05, 0) is 56.0 Å². The number of aryl methyl sites for hydroxylation is 2. The summed E-state index contributed by atoms with van der Waals surface area (Å²) < 4.78 is 0. The number of carbonyl (C=O) groups excluding carboxylic acids is 1. The standard InChI is InChI=1S/C16H15N3O3S/c1-10-12-4-2-3-5-13(12)18-16(17-10)23-15-7-6-11(9-20)8-14(15)19(21)22/h6-9H,2-5H2,1H3. The maximum Gasteiger partial charge on any atom is 0.284 e. The molecule has 0 bridgehead atoms. The Morgan fingerprint density at radius 1 is 1.26 bits per heavy atom. The number of nitrogens with zero attached hydrogens (tertiary/aromatic N) is 3. The molecule has 0 fully saturated rings. The van der Waals surface area contributed by atoms with E-state index < -0.39 is 4.92 Å². The van der Waals surface area contributed by atoms with Crippen molar-refractivity contribution in [2.24, 2.45) is 0 Å². The second kappa shape index (κ2) is 6.45. The molecule has 0 atom stereocenters. The van der Waals surface area contributed by atoms with Gasteiger partial charge in [-0.2, -0.15) is 0 Å². The summed E-state index contributed by atoms with van der Waals surface area (Å²) in [6.45, 7) is 1.96. The van der Waals surface area contributed by atoms with Gasteiger partial charge in [0, 0.05) is 23.0 Å². The van der Waals surface area contributed by atoms with Crippen LogP contribution >= 0.6 is 11.8 Å². The second-order valence-corrected chi connectivity index (χ2v) is 6.44. The summed E-state index contributed by atoms with van der Waals surface area (Å²) >= 11 is 1.17. The topological polar surface area (TPSA) is 86.0 Å². The van der Waals surface area contributed by atoms with Gasteiger partial charge in [0.1, 0.15) is 6.29 Å². The molecule has 0 amide bonds. The first-order chi connectivity index (χ1) is 11.1. The number of aromatic nitrogens is 2. The van der Waals surface area contributed by atoms with E-state index in [1.165, 1.54) is 23.4 Å². The van der Waals surface area contributed by atoms with Crippen molar-refractivity contribution in [3.05, 3.63) is 50.8 Å². The summed E-state index contributed by atoms with van der Waals surface area (Å²) in [5.41, 5.74) is 3.40. The third-order valence-corrected chi connectivity index (χ3v) is 4.82. The fourth-order valence-corrected chi connectivity index (χ4v) is 3.64. The average molecular weight is 329 g/mol. The Hall–Kier alpha value is -2.28.